The molecule has 0 unspecified atom stereocenters. The van der Waals surface area contributed by atoms with Gasteiger partial charge in [-0.25, -0.2) is 0 Å². The van der Waals surface area contributed by atoms with Crippen molar-refractivity contribution < 1.29 is 0 Å². The van der Waals surface area contributed by atoms with Gasteiger partial charge in [-0.1, -0.05) is 261 Å². The Morgan fingerprint density at radius 1 is 0.138 bits per heavy atom. The summed E-state index contributed by atoms with van der Waals surface area (Å²) in [5.74, 6) is 0. The van der Waals surface area contributed by atoms with Crippen molar-refractivity contribution in [2.45, 2.75) is 0 Å². The third-order valence-electron chi connectivity index (χ3n) is 16.9. The van der Waals surface area contributed by atoms with Crippen molar-refractivity contribution in [3.63, 3.8) is 0 Å². The summed E-state index contributed by atoms with van der Waals surface area (Å²) in [4.78, 5) is 0. The van der Waals surface area contributed by atoms with Crippen molar-refractivity contribution in [3.8, 4) is 89.0 Å². The Balaban J connectivity index is 1.03. The molecule has 0 aliphatic carbocycles. The van der Waals surface area contributed by atoms with Gasteiger partial charge in [0.2, 0.25) is 0 Å². The van der Waals surface area contributed by atoms with E-state index in [0.717, 1.165) is 11.1 Å². The molecule has 16 aromatic rings. The van der Waals surface area contributed by atoms with E-state index in [4.69, 9.17) is 0 Å². The minimum atomic E-state index is 1.15. The van der Waals surface area contributed by atoms with Crippen LogP contribution in [0.5, 0.6) is 0 Å². The summed E-state index contributed by atoms with van der Waals surface area (Å²) in [5, 5.41) is 17.5. The molecule has 0 N–H and O–H groups in total. The van der Waals surface area contributed by atoms with E-state index in [1.165, 1.54) is 153 Å². The molecule has 0 radical (unpaired) electrons. The molecule has 80 heavy (non-hydrogen) atoms. The first-order chi connectivity index (χ1) is 39.7. The predicted molar refractivity (Wildman–Crippen MR) is 344 cm³/mol. The first-order valence-corrected chi connectivity index (χ1v) is 27.8. The van der Waals surface area contributed by atoms with Crippen molar-refractivity contribution in [1.29, 1.82) is 0 Å². The zero-order valence-corrected chi connectivity index (χ0v) is 43.9. The van der Waals surface area contributed by atoms with Crippen LogP contribution in [-0.2, 0) is 0 Å². The van der Waals surface area contributed by atoms with Crippen LogP contribution >= 0.6 is 0 Å². The Morgan fingerprint density at radius 3 is 0.887 bits per heavy atom. The van der Waals surface area contributed by atoms with Crippen LogP contribution in [0, 0.1) is 0 Å². The molecule has 0 spiro atoms. The molecule has 16 aromatic carbocycles. The van der Waals surface area contributed by atoms with Gasteiger partial charge >= 0.3 is 0 Å². The molecule has 370 valence electrons. The van der Waals surface area contributed by atoms with E-state index >= 15 is 0 Å². The van der Waals surface area contributed by atoms with Gasteiger partial charge in [0.05, 0.1) is 0 Å². The largest absolute Gasteiger partial charge is 0.0622 e. The minimum absolute atomic E-state index is 1.15. The molecule has 0 saturated heterocycles. The van der Waals surface area contributed by atoms with Gasteiger partial charge in [-0.2, -0.15) is 0 Å². The van der Waals surface area contributed by atoms with Crippen LogP contribution in [0.15, 0.2) is 303 Å². The van der Waals surface area contributed by atoms with Crippen LogP contribution in [0.4, 0.5) is 0 Å². The van der Waals surface area contributed by atoms with E-state index < -0.39 is 0 Å². The van der Waals surface area contributed by atoms with E-state index in [9.17, 15) is 0 Å². The Morgan fingerprint density at radius 2 is 0.425 bits per heavy atom. The van der Waals surface area contributed by atoms with Gasteiger partial charge in [-0.15, -0.1) is 0 Å². The summed E-state index contributed by atoms with van der Waals surface area (Å²) in [6, 6.07) is 113. The molecule has 0 saturated carbocycles. The number of hydrogen-bond donors (Lipinski definition) is 0. The van der Waals surface area contributed by atoms with Gasteiger partial charge in [0.1, 0.15) is 0 Å². The van der Waals surface area contributed by atoms with E-state index in [1.807, 2.05) is 0 Å². The van der Waals surface area contributed by atoms with Gasteiger partial charge in [0.25, 0.3) is 0 Å². The van der Waals surface area contributed by atoms with Gasteiger partial charge < -0.3 is 0 Å². The third kappa shape index (κ3) is 7.45. The van der Waals surface area contributed by atoms with E-state index in [0.29, 0.717) is 0 Å². The molecule has 0 fully saturated rings. The molecule has 0 amide bonds. The first kappa shape index (κ1) is 45.8. The highest BCUT2D eigenvalue weighted by Crippen LogP contribution is 2.50. The minimum Gasteiger partial charge on any atom is -0.0622 e. The Labute approximate surface area is 465 Å². The highest BCUT2D eigenvalue weighted by Gasteiger charge is 2.23. The van der Waals surface area contributed by atoms with Crippen molar-refractivity contribution in [2.24, 2.45) is 0 Å². The molecule has 0 bridgehead atoms. The first-order valence-electron chi connectivity index (χ1n) is 27.8. The Kier molecular flexibility index (Phi) is 10.7. The fraction of sp³-hybridized carbons (Fsp3) is 0. The Bertz CT molecular complexity index is 4780. The molecule has 0 aromatic heterocycles. The van der Waals surface area contributed by atoms with Crippen LogP contribution in [0.1, 0.15) is 0 Å². The topological polar surface area (TPSA) is 0 Å². The predicted octanol–water partition coefficient (Wildman–Crippen LogP) is 22.5. The van der Waals surface area contributed by atoms with Crippen LogP contribution in [0.3, 0.4) is 0 Å². The lowest BCUT2D eigenvalue weighted by molar-refractivity contribution is 1.56. The van der Waals surface area contributed by atoms with E-state index in [-0.39, 0.29) is 0 Å². The maximum Gasteiger partial charge on any atom is -0.00206 e. The molecule has 0 heteroatoms. The fourth-order valence-electron chi connectivity index (χ4n) is 13.4. The lowest BCUT2D eigenvalue weighted by Gasteiger charge is -2.21. The molecule has 0 aliphatic heterocycles. The maximum absolute atomic E-state index is 2.49. The SMILES string of the molecule is c1ccc(-c2cccc(-c3cc(-c4cc(-c5c6ccccc6c(-c6ccccc6)c6ccccc56)cc(-c5c6ccccc6c(-c6ccccc6)c6ccccc56)c4)cc(-c4ccc5ccc6cccc7ccc4c5c67)c3)c2)cc1. The lowest BCUT2D eigenvalue weighted by atomic mass is 9.82. The summed E-state index contributed by atoms with van der Waals surface area (Å²) in [7, 11) is 0. The zero-order chi connectivity index (χ0) is 52.7. The summed E-state index contributed by atoms with van der Waals surface area (Å²) in [6.07, 6.45) is 0. The standard InChI is InChI=1S/C80H50/c1-4-20-51(21-5-1)57-28-19-29-58(44-57)59-45-60(47-62(46-59)65-42-40-56-39-38-54-26-18-27-55-41-43-74(65)80(56)75(54)55)61-48-63(78-70-34-14-10-30-66(70)76(52-22-6-2-7-23-52)67-31-11-15-35-71(67)78)50-64(49-61)79-72-36-16-12-32-68(72)77(53-24-8-3-9-25-53)69-33-13-17-37-73(69)79/h1-50H. The number of rotatable bonds is 8. The Hall–Kier alpha value is -10.4. The normalized spacial score (nSPS) is 11.8. The van der Waals surface area contributed by atoms with Crippen molar-refractivity contribution in [2.75, 3.05) is 0 Å². The highest BCUT2D eigenvalue weighted by molar-refractivity contribution is 6.27. The van der Waals surface area contributed by atoms with Gasteiger partial charge in [-0.05, 0) is 207 Å². The molecular formula is C80H50. The second kappa shape index (κ2) is 18.7. The molecule has 0 atom stereocenters. The van der Waals surface area contributed by atoms with Crippen LogP contribution in [0.2, 0.25) is 0 Å². The van der Waals surface area contributed by atoms with Crippen LogP contribution in [0.25, 0.3) is 164 Å². The van der Waals surface area contributed by atoms with Gasteiger partial charge in [-0.3, -0.25) is 0 Å². The summed E-state index contributed by atoms with van der Waals surface area (Å²) < 4.78 is 0. The molecule has 0 heterocycles. The number of fused-ring (bicyclic) bond motifs is 4. The maximum atomic E-state index is 2.49. The van der Waals surface area contributed by atoms with E-state index in [1.54, 1.807) is 0 Å². The van der Waals surface area contributed by atoms with Crippen molar-refractivity contribution in [3.05, 3.63) is 303 Å². The highest BCUT2D eigenvalue weighted by atomic mass is 14.3. The fourth-order valence-corrected chi connectivity index (χ4v) is 13.4. The zero-order valence-electron chi connectivity index (χ0n) is 43.9. The van der Waals surface area contributed by atoms with Crippen molar-refractivity contribution in [1.82, 2.24) is 0 Å². The van der Waals surface area contributed by atoms with Gasteiger partial charge in [0.15, 0.2) is 0 Å². The second-order valence-corrected chi connectivity index (χ2v) is 21.4. The third-order valence-corrected chi connectivity index (χ3v) is 16.9. The summed E-state index contributed by atoms with van der Waals surface area (Å²) in [6.45, 7) is 0. The second-order valence-electron chi connectivity index (χ2n) is 21.4. The van der Waals surface area contributed by atoms with Crippen molar-refractivity contribution >= 4 is 75.4 Å². The molecular weight excluding hydrogens is 961 g/mol. The average molecular weight is 1010 g/mol. The van der Waals surface area contributed by atoms with Gasteiger partial charge in [0, 0.05) is 0 Å². The van der Waals surface area contributed by atoms with Crippen LogP contribution < -0.4 is 0 Å². The number of hydrogen-bond acceptors (Lipinski definition) is 0. The lowest BCUT2D eigenvalue weighted by Crippen LogP contribution is -1.94. The molecule has 0 nitrogen and oxygen atoms in total. The average Bonchev–Trinajstić information content (AvgIpc) is 3.56. The molecule has 0 aliphatic rings. The smallest absolute Gasteiger partial charge is 0.00206 e. The van der Waals surface area contributed by atoms with E-state index in [2.05, 4.69) is 303 Å². The quantitative estimate of drug-likeness (QED) is 0.105. The van der Waals surface area contributed by atoms with Crippen LogP contribution in [-0.4, -0.2) is 0 Å². The summed E-state index contributed by atoms with van der Waals surface area (Å²) in [5.41, 5.74) is 19.2. The number of benzene rings is 16. The summed E-state index contributed by atoms with van der Waals surface area (Å²) >= 11 is 0. The molecule has 16 rings (SSSR count). The monoisotopic (exact) mass is 1010 g/mol.